The molecule has 0 spiro atoms. The number of aromatic nitrogens is 1. The number of esters is 1. The highest BCUT2D eigenvalue weighted by molar-refractivity contribution is 14.1. The lowest BCUT2D eigenvalue weighted by molar-refractivity contribution is 0.0499. The van der Waals surface area contributed by atoms with Crippen molar-refractivity contribution < 1.29 is 14.3 Å². The molecule has 25 heavy (non-hydrogen) atoms. The zero-order valence-electron chi connectivity index (χ0n) is 14.7. The Morgan fingerprint density at radius 2 is 2.12 bits per heavy atom. The zero-order valence-corrected chi connectivity index (χ0v) is 17.7. The first-order valence-electron chi connectivity index (χ1n) is 8.54. The molecule has 1 aromatic carbocycles. The highest BCUT2D eigenvalue weighted by atomic mass is 127. The average molecular weight is 473 g/mol. The van der Waals surface area contributed by atoms with Crippen LogP contribution in [0.5, 0.6) is 0 Å². The summed E-state index contributed by atoms with van der Waals surface area (Å²) in [4.78, 5) is 16.4. The summed E-state index contributed by atoms with van der Waals surface area (Å²) in [6, 6.07) is 5.76. The number of hydrogen-bond acceptors (Lipinski definition) is 5. The molecule has 0 saturated heterocycles. The molecule has 4 nitrogen and oxygen atoms in total. The van der Waals surface area contributed by atoms with Gasteiger partial charge in [-0.15, -0.1) is 11.3 Å². The van der Waals surface area contributed by atoms with Gasteiger partial charge in [-0.2, -0.15) is 0 Å². The number of aryl methyl sites for hydroxylation is 2. The van der Waals surface area contributed by atoms with E-state index in [-0.39, 0.29) is 5.97 Å². The smallest absolute Gasteiger partial charge is 0.338 e. The Hall–Kier alpha value is -0.990. The lowest BCUT2D eigenvalue weighted by Crippen LogP contribution is -2.07. The highest BCUT2D eigenvalue weighted by Gasteiger charge is 2.10. The molecular formula is C19H24INO3S. The monoisotopic (exact) mass is 473 g/mol. The maximum Gasteiger partial charge on any atom is 0.338 e. The van der Waals surface area contributed by atoms with Crippen LogP contribution in [0.4, 0.5) is 0 Å². The maximum absolute atomic E-state index is 12.1. The van der Waals surface area contributed by atoms with Crippen molar-refractivity contribution in [2.24, 2.45) is 0 Å². The molecule has 0 saturated carbocycles. The predicted molar refractivity (Wildman–Crippen MR) is 109 cm³/mol. The summed E-state index contributed by atoms with van der Waals surface area (Å²) in [5.41, 5.74) is 2.84. The first-order valence-corrected chi connectivity index (χ1v) is 10.5. The van der Waals surface area contributed by atoms with Crippen LogP contribution in [0.2, 0.25) is 0 Å². The number of rotatable bonds is 10. The van der Waals surface area contributed by atoms with Crippen LogP contribution in [-0.2, 0) is 22.5 Å². The molecule has 0 fully saturated rings. The van der Waals surface area contributed by atoms with Crippen LogP contribution in [0.25, 0.3) is 0 Å². The van der Waals surface area contributed by atoms with Gasteiger partial charge >= 0.3 is 5.97 Å². The summed E-state index contributed by atoms with van der Waals surface area (Å²) >= 11 is 3.94. The van der Waals surface area contributed by atoms with Gasteiger partial charge in [0.05, 0.1) is 18.8 Å². The SMILES string of the molecule is CCCCOC(=O)c1ccc(I)c(CCCOCc2nc(C)cs2)c1. The van der Waals surface area contributed by atoms with Crippen molar-refractivity contribution in [3.8, 4) is 0 Å². The number of hydrogen-bond donors (Lipinski definition) is 0. The third-order valence-electron chi connectivity index (χ3n) is 3.64. The second-order valence-corrected chi connectivity index (χ2v) is 7.94. The minimum Gasteiger partial charge on any atom is -0.462 e. The van der Waals surface area contributed by atoms with Gasteiger partial charge in [0.15, 0.2) is 0 Å². The molecule has 0 aliphatic carbocycles. The minimum absolute atomic E-state index is 0.235. The summed E-state index contributed by atoms with van der Waals surface area (Å²) in [7, 11) is 0. The summed E-state index contributed by atoms with van der Waals surface area (Å²) in [5.74, 6) is -0.235. The molecule has 0 unspecified atom stereocenters. The minimum atomic E-state index is -0.235. The summed E-state index contributed by atoms with van der Waals surface area (Å²) in [6.45, 7) is 5.80. The van der Waals surface area contributed by atoms with Gasteiger partial charge in [-0.1, -0.05) is 13.3 Å². The molecule has 0 radical (unpaired) electrons. The van der Waals surface area contributed by atoms with E-state index >= 15 is 0 Å². The fourth-order valence-electron chi connectivity index (χ4n) is 2.28. The quantitative estimate of drug-likeness (QED) is 0.272. The van der Waals surface area contributed by atoms with Gasteiger partial charge in [-0.25, -0.2) is 9.78 Å². The average Bonchev–Trinajstić information content (AvgIpc) is 3.01. The standard InChI is InChI=1S/C19H24INO3S/c1-3-4-10-24-19(22)16-7-8-17(20)15(11-16)6-5-9-23-12-18-21-14(2)13-25-18/h7-8,11,13H,3-6,9-10,12H2,1-2H3. The van der Waals surface area contributed by atoms with Crippen molar-refractivity contribution in [1.29, 1.82) is 0 Å². The van der Waals surface area contributed by atoms with E-state index in [9.17, 15) is 4.79 Å². The van der Waals surface area contributed by atoms with Crippen LogP contribution < -0.4 is 0 Å². The van der Waals surface area contributed by atoms with Gasteiger partial charge < -0.3 is 9.47 Å². The molecule has 2 aromatic rings. The molecule has 0 N–H and O–H groups in total. The Labute approximate surface area is 167 Å². The van der Waals surface area contributed by atoms with E-state index < -0.39 is 0 Å². The molecule has 0 atom stereocenters. The van der Waals surface area contributed by atoms with Crippen molar-refractivity contribution in [1.82, 2.24) is 4.98 Å². The van der Waals surface area contributed by atoms with Crippen LogP contribution in [0.1, 0.15) is 52.8 Å². The number of unbranched alkanes of at least 4 members (excludes halogenated alkanes) is 1. The summed E-state index contributed by atoms with van der Waals surface area (Å²) in [5, 5.41) is 3.05. The first-order chi connectivity index (χ1) is 12.1. The van der Waals surface area contributed by atoms with Crippen LogP contribution in [-0.4, -0.2) is 24.2 Å². The van der Waals surface area contributed by atoms with E-state index in [2.05, 4.69) is 34.5 Å². The van der Waals surface area contributed by atoms with E-state index in [1.807, 2.05) is 30.5 Å². The normalized spacial score (nSPS) is 10.8. The number of halogens is 1. The van der Waals surface area contributed by atoms with Gasteiger partial charge in [0.25, 0.3) is 0 Å². The molecule has 2 rings (SSSR count). The summed E-state index contributed by atoms with van der Waals surface area (Å²) < 4.78 is 12.1. The topological polar surface area (TPSA) is 48.4 Å². The van der Waals surface area contributed by atoms with Gasteiger partial charge in [-0.05, 0) is 72.5 Å². The Kier molecular flexibility index (Phi) is 8.84. The first kappa shape index (κ1) is 20.3. The Bertz CT molecular complexity index is 687. The maximum atomic E-state index is 12.1. The van der Waals surface area contributed by atoms with Crippen molar-refractivity contribution in [3.63, 3.8) is 0 Å². The van der Waals surface area contributed by atoms with Crippen molar-refractivity contribution in [2.45, 2.75) is 46.1 Å². The van der Waals surface area contributed by atoms with Gasteiger partial charge in [0.1, 0.15) is 5.01 Å². The van der Waals surface area contributed by atoms with Crippen LogP contribution in [0.15, 0.2) is 23.6 Å². The predicted octanol–water partition coefficient (Wildman–Crippen LogP) is 5.16. The van der Waals surface area contributed by atoms with E-state index in [1.54, 1.807) is 11.3 Å². The summed E-state index contributed by atoms with van der Waals surface area (Å²) in [6.07, 6.45) is 3.71. The third-order valence-corrected chi connectivity index (χ3v) is 5.63. The van der Waals surface area contributed by atoms with Gasteiger partial charge in [0.2, 0.25) is 0 Å². The highest BCUT2D eigenvalue weighted by Crippen LogP contribution is 2.18. The molecule has 0 aliphatic heterocycles. The molecule has 136 valence electrons. The molecule has 0 aliphatic rings. The van der Waals surface area contributed by atoms with E-state index in [0.29, 0.717) is 25.4 Å². The van der Waals surface area contributed by atoms with E-state index in [1.165, 1.54) is 9.13 Å². The molecule has 0 bridgehead atoms. The van der Waals surface area contributed by atoms with Crippen molar-refractivity contribution in [3.05, 3.63) is 49.0 Å². The van der Waals surface area contributed by atoms with Gasteiger partial charge in [0, 0.05) is 21.3 Å². The number of carbonyl (C=O) groups excluding carboxylic acids is 1. The molecule has 1 aromatic heterocycles. The second-order valence-electron chi connectivity index (χ2n) is 5.83. The van der Waals surface area contributed by atoms with E-state index in [4.69, 9.17) is 9.47 Å². The number of ether oxygens (including phenoxy) is 2. The van der Waals surface area contributed by atoms with Gasteiger partial charge in [-0.3, -0.25) is 0 Å². The second kappa shape index (κ2) is 10.9. The van der Waals surface area contributed by atoms with Crippen LogP contribution in [0, 0.1) is 10.5 Å². The van der Waals surface area contributed by atoms with Crippen LogP contribution >= 0.6 is 33.9 Å². The molecule has 1 heterocycles. The Morgan fingerprint density at radius 3 is 2.84 bits per heavy atom. The number of thiazole rings is 1. The fourth-order valence-corrected chi connectivity index (χ4v) is 3.59. The molecular weight excluding hydrogens is 449 g/mol. The lowest BCUT2D eigenvalue weighted by atomic mass is 10.1. The number of carbonyl (C=O) groups is 1. The lowest BCUT2D eigenvalue weighted by Gasteiger charge is -2.09. The Morgan fingerprint density at radius 1 is 1.28 bits per heavy atom. The van der Waals surface area contributed by atoms with E-state index in [0.717, 1.165) is 36.4 Å². The molecule has 0 amide bonds. The van der Waals surface area contributed by atoms with Crippen molar-refractivity contribution in [2.75, 3.05) is 13.2 Å². The largest absolute Gasteiger partial charge is 0.462 e. The number of nitrogens with zero attached hydrogens (tertiary/aromatic N) is 1. The number of benzene rings is 1. The molecule has 6 heteroatoms. The zero-order chi connectivity index (χ0) is 18.1. The third kappa shape index (κ3) is 7.03. The van der Waals surface area contributed by atoms with Crippen LogP contribution in [0.3, 0.4) is 0 Å². The Balaban J connectivity index is 1.78. The fraction of sp³-hybridized carbons (Fsp3) is 0.474. The van der Waals surface area contributed by atoms with Crippen molar-refractivity contribution >= 4 is 39.9 Å².